The second-order valence-electron chi connectivity index (χ2n) is 5.36. The first-order valence-electron chi connectivity index (χ1n) is 7.81. The maximum Gasteiger partial charge on any atom is 0.247 e. The monoisotopic (exact) mass is 367 g/mol. The van der Waals surface area contributed by atoms with Crippen LogP contribution in [-0.2, 0) is 11.2 Å². The Balaban J connectivity index is 1.35. The number of hydrogen-bond acceptors (Lipinski definition) is 8. The van der Waals surface area contributed by atoms with Crippen LogP contribution >= 0.6 is 11.3 Å². The van der Waals surface area contributed by atoms with E-state index in [1.54, 1.807) is 18.2 Å². The fraction of sp³-hybridized carbons (Fsp3) is 0.118. The average molecular weight is 367 g/mol. The Kier molecular flexibility index (Phi) is 4.52. The molecule has 8 nitrogen and oxygen atoms in total. The number of nitrogens with one attached hydrogen (secondary N) is 1. The number of rotatable bonds is 6. The Hall–Kier alpha value is -3.33. The zero-order valence-electron chi connectivity index (χ0n) is 13.5. The molecule has 0 saturated heterocycles. The van der Waals surface area contributed by atoms with Crippen LogP contribution in [0.25, 0.3) is 22.2 Å². The summed E-state index contributed by atoms with van der Waals surface area (Å²) in [6, 6.07) is 11.0. The van der Waals surface area contributed by atoms with Crippen LogP contribution in [0.5, 0.6) is 0 Å². The minimum Gasteiger partial charge on any atom is -0.423 e. The molecule has 0 unspecified atom stereocenters. The highest BCUT2D eigenvalue weighted by Gasteiger charge is 2.12. The van der Waals surface area contributed by atoms with Gasteiger partial charge in [-0.05, 0) is 29.6 Å². The molecule has 3 aromatic heterocycles. The number of carbonyl (C=O) groups excluding carboxylic acids is 1. The van der Waals surface area contributed by atoms with E-state index >= 15 is 0 Å². The quantitative estimate of drug-likeness (QED) is 0.556. The third-order valence-electron chi connectivity index (χ3n) is 3.53. The van der Waals surface area contributed by atoms with Gasteiger partial charge in [0.1, 0.15) is 0 Å². The summed E-state index contributed by atoms with van der Waals surface area (Å²) in [6.07, 6.45) is 1.86. The summed E-state index contributed by atoms with van der Waals surface area (Å²) in [5.74, 6) is 1.22. The zero-order valence-corrected chi connectivity index (χ0v) is 14.3. The van der Waals surface area contributed by atoms with E-state index in [1.165, 1.54) is 17.7 Å². The topological polar surface area (TPSA) is 107 Å². The van der Waals surface area contributed by atoms with Gasteiger partial charge >= 0.3 is 0 Å². The summed E-state index contributed by atoms with van der Waals surface area (Å²) >= 11 is 1.53. The minimum absolute atomic E-state index is 0.149. The van der Waals surface area contributed by atoms with Gasteiger partial charge in [-0.1, -0.05) is 17.3 Å². The molecule has 9 heteroatoms. The summed E-state index contributed by atoms with van der Waals surface area (Å²) < 4.78 is 10.4. The first-order valence-corrected chi connectivity index (χ1v) is 8.69. The van der Waals surface area contributed by atoms with Crippen LogP contribution in [0.15, 0.2) is 57.1 Å². The zero-order chi connectivity index (χ0) is 17.8. The summed E-state index contributed by atoms with van der Waals surface area (Å²) in [7, 11) is 0. The van der Waals surface area contributed by atoms with E-state index in [9.17, 15) is 4.79 Å². The Morgan fingerprint density at radius 2 is 2.19 bits per heavy atom. The van der Waals surface area contributed by atoms with Crippen molar-refractivity contribution < 1.29 is 13.7 Å². The van der Waals surface area contributed by atoms with Gasteiger partial charge in [-0.15, -0.1) is 21.5 Å². The van der Waals surface area contributed by atoms with Gasteiger partial charge in [0.05, 0.1) is 4.88 Å². The third-order valence-corrected chi connectivity index (χ3v) is 4.39. The van der Waals surface area contributed by atoms with Crippen molar-refractivity contribution in [3.05, 3.63) is 54.1 Å². The predicted octanol–water partition coefficient (Wildman–Crippen LogP) is 3.42. The number of aryl methyl sites for hydroxylation is 1. The smallest absolute Gasteiger partial charge is 0.247 e. The van der Waals surface area contributed by atoms with Gasteiger partial charge < -0.3 is 14.3 Å². The van der Waals surface area contributed by atoms with E-state index in [0.717, 1.165) is 10.4 Å². The highest BCUT2D eigenvalue weighted by Crippen LogP contribution is 2.22. The van der Waals surface area contributed by atoms with Gasteiger partial charge in [0.2, 0.25) is 29.9 Å². The number of aromatic nitrogens is 4. The van der Waals surface area contributed by atoms with Crippen molar-refractivity contribution in [3.63, 3.8) is 0 Å². The van der Waals surface area contributed by atoms with Crippen LogP contribution in [0.1, 0.15) is 12.3 Å². The lowest BCUT2D eigenvalue weighted by atomic mass is 10.2. The van der Waals surface area contributed by atoms with E-state index < -0.39 is 0 Å². The van der Waals surface area contributed by atoms with Crippen LogP contribution < -0.4 is 5.32 Å². The molecule has 0 atom stereocenters. The van der Waals surface area contributed by atoms with E-state index in [2.05, 4.69) is 25.7 Å². The predicted molar refractivity (Wildman–Crippen MR) is 94.3 cm³/mol. The Morgan fingerprint density at radius 3 is 3.00 bits per heavy atom. The number of hydrogen-bond donors (Lipinski definition) is 1. The molecule has 0 aliphatic rings. The second-order valence-corrected chi connectivity index (χ2v) is 6.31. The first kappa shape index (κ1) is 16.2. The van der Waals surface area contributed by atoms with Gasteiger partial charge in [0.15, 0.2) is 0 Å². The molecule has 130 valence electrons. The van der Waals surface area contributed by atoms with Gasteiger partial charge in [-0.3, -0.25) is 4.79 Å². The molecule has 0 spiro atoms. The molecule has 1 aromatic carbocycles. The van der Waals surface area contributed by atoms with Gasteiger partial charge in [0.25, 0.3) is 0 Å². The molecule has 0 radical (unpaired) electrons. The van der Waals surface area contributed by atoms with Gasteiger partial charge in [0, 0.05) is 24.1 Å². The Bertz CT molecular complexity index is 995. The van der Waals surface area contributed by atoms with Crippen molar-refractivity contribution in [2.75, 3.05) is 5.32 Å². The van der Waals surface area contributed by atoms with Gasteiger partial charge in [-0.2, -0.15) is 4.98 Å². The molecule has 4 aromatic rings. The molecule has 0 fully saturated rings. The summed E-state index contributed by atoms with van der Waals surface area (Å²) in [4.78, 5) is 17.4. The number of carbonyl (C=O) groups is 1. The number of anilines is 1. The van der Waals surface area contributed by atoms with Crippen LogP contribution in [0, 0.1) is 0 Å². The standard InChI is InChI=1S/C17H13N5O3S/c23-14(6-7-15-20-16(22-25-15)13-5-2-8-26-13)19-12-4-1-3-11(9-12)17-21-18-10-24-17/h1-5,8-10H,6-7H2,(H,19,23). The molecular formula is C17H13N5O3S. The van der Waals surface area contributed by atoms with E-state index in [-0.39, 0.29) is 12.3 Å². The van der Waals surface area contributed by atoms with Crippen molar-refractivity contribution in [1.29, 1.82) is 0 Å². The van der Waals surface area contributed by atoms with Crippen molar-refractivity contribution in [2.45, 2.75) is 12.8 Å². The number of benzene rings is 1. The molecule has 3 heterocycles. The second kappa shape index (κ2) is 7.28. The molecule has 0 aliphatic carbocycles. The van der Waals surface area contributed by atoms with Crippen molar-refractivity contribution in [2.24, 2.45) is 0 Å². The highest BCUT2D eigenvalue weighted by molar-refractivity contribution is 7.13. The minimum atomic E-state index is -0.149. The molecule has 26 heavy (non-hydrogen) atoms. The lowest BCUT2D eigenvalue weighted by Crippen LogP contribution is -2.12. The number of nitrogens with zero attached hydrogens (tertiary/aromatic N) is 4. The number of amides is 1. The van der Waals surface area contributed by atoms with Crippen LogP contribution in [-0.4, -0.2) is 26.2 Å². The molecule has 0 saturated carbocycles. The fourth-order valence-electron chi connectivity index (χ4n) is 2.34. The van der Waals surface area contributed by atoms with Gasteiger partial charge in [-0.25, -0.2) is 0 Å². The largest absolute Gasteiger partial charge is 0.423 e. The number of thiophene rings is 1. The molecule has 0 bridgehead atoms. The SMILES string of the molecule is O=C(CCc1nc(-c2cccs2)no1)Nc1cccc(-c2nnco2)c1. The maximum atomic E-state index is 12.2. The Morgan fingerprint density at radius 1 is 1.23 bits per heavy atom. The van der Waals surface area contributed by atoms with Crippen molar-refractivity contribution in [3.8, 4) is 22.2 Å². The Labute approximate surface area is 151 Å². The lowest BCUT2D eigenvalue weighted by Gasteiger charge is -2.05. The summed E-state index contributed by atoms with van der Waals surface area (Å²) in [6.45, 7) is 0. The summed E-state index contributed by atoms with van der Waals surface area (Å²) in [5, 5.41) is 16.2. The van der Waals surface area contributed by atoms with E-state index in [0.29, 0.717) is 29.7 Å². The van der Waals surface area contributed by atoms with Crippen molar-refractivity contribution >= 4 is 22.9 Å². The lowest BCUT2D eigenvalue weighted by molar-refractivity contribution is -0.116. The summed E-state index contributed by atoms with van der Waals surface area (Å²) in [5.41, 5.74) is 1.38. The van der Waals surface area contributed by atoms with Crippen LogP contribution in [0.2, 0.25) is 0 Å². The normalized spacial score (nSPS) is 10.8. The molecule has 1 amide bonds. The molecular weight excluding hydrogens is 354 g/mol. The average Bonchev–Trinajstić information content (AvgIpc) is 3.42. The first-order chi connectivity index (χ1) is 12.8. The van der Waals surface area contributed by atoms with E-state index in [1.807, 2.05) is 23.6 Å². The van der Waals surface area contributed by atoms with Crippen molar-refractivity contribution in [1.82, 2.24) is 20.3 Å². The molecule has 1 N–H and O–H groups in total. The molecule has 0 aliphatic heterocycles. The van der Waals surface area contributed by atoms with Crippen LogP contribution in [0.4, 0.5) is 5.69 Å². The fourth-order valence-corrected chi connectivity index (χ4v) is 2.98. The van der Waals surface area contributed by atoms with Crippen LogP contribution in [0.3, 0.4) is 0 Å². The molecule has 4 rings (SSSR count). The maximum absolute atomic E-state index is 12.2. The van der Waals surface area contributed by atoms with E-state index in [4.69, 9.17) is 8.94 Å². The highest BCUT2D eigenvalue weighted by atomic mass is 32.1. The third kappa shape index (κ3) is 3.67.